The average molecular weight is 376 g/mol. The maximum Gasteiger partial charge on any atom is 0.254 e. The summed E-state index contributed by atoms with van der Waals surface area (Å²) in [6, 6.07) is 14.6. The van der Waals surface area contributed by atoms with Crippen molar-refractivity contribution < 1.29 is 4.39 Å². The predicted molar refractivity (Wildman–Crippen MR) is 109 cm³/mol. The number of nitrogens with zero attached hydrogens (tertiary/aromatic N) is 6. The second-order valence-electron chi connectivity index (χ2n) is 6.42. The SMILES string of the molecule is CCN(CC)c1ccc(C2=Nc3ncnn3C2=NCc2ccc(F)cc2)cc1. The quantitative estimate of drug-likeness (QED) is 0.657. The van der Waals surface area contributed by atoms with Crippen LogP contribution in [0.15, 0.2) is 64.8 Å². The van der Waals surface area contributed by atoms with Crippen LogP contribution in [0.2, 0.25) is 0 Å². The Morgan fingerprint density at radius 3 is 2.39 bits per heavy atom. The van der Waals surface area contributed by atoms with Gasteiger partial charge in [0.2, 0.25) is 0 Å². The van der Waals surface area contributed by atoms with E-state index in [1.165, 1.54) is 24.1 Å². The van der Waals surface area contributed by atoms with Crippen LogP contribution in [-0.2, 0) is 6.54 Å². The van der Waals surface area contributed by atoms with Crippen LogP contribution >= 0.6 is 0 Å². The highest BCUT2D eigenvalue weighted by Crippen LogP contribution is 2.22. The highest BCUT2D eigenvalue weighted by molar-refractivity contribution is 6.50. The summed E-state index contributed by atoms with van der Waals surface area (Å²) < 4.78 is 14.8. The third kappa shape index (κ3) is 3.43. The number of aliphatic imine (C=N–C) groups is 2. The summed E-state index contributed by atoms with van der Waals surface area (Å²) in [5.74, 6) is 0.902. The van der Waals surface area contributed by atoms with E-state index in [4.69, 9.17) is 4.99 Å². The molecule has 28 heavy (non-hydrogen) atoms. The molecule has 2 aromatic carbocycles. The van der Waals surface area contributed by atoms with Crippen LogP contribution in [0.25, 0.3) is 0 Å². The second kappa shape index (κ2) is 7.72. The van der Waals surface area contributed by atoms with Crippen molar-refractivity contribution in [3.63, 3.8) is 0 Å². The summed E-state index contributed by atoms with van der Waals surface area (Å²) in [5, 5.41) is 4.24. The van der Waals surface area contributed by atoms with Crippen LogP contribution in [-0.4, -0.2) is 39.4 Å². The molecule has 0 amide bonds. The Morgan fingerprint density at radius 1 is 1.00 bits per heavy atom. The normalized spacial score (nSPS) is 14.2. The first-order valence-electron chi connectivity index (χ1n) is 9.33. The zero-order valence-corrected chi connectivity index (χ0v) is 15.9. The Labute approximate surface area is 163 Å². The van der Waals surface area contributed by atoms with Crippen molar-refractivity contribution in [2.24, 2.45) is 9.98 Å². The van der Waals surface area contributed by atoms with Crippen molar-refractivity contribution in [1.29, 1.82) is 0 Å². The number of hydrogen-bond acceptors (Lipinski definition) is 5. The van der Waals surface area contributed by atoms with Gasteiger partial charge >= 0.3 is 0 Å². The lowest BCUT2D eigenvalue weighted by atomic mass is 10.1. The smallest absolute Gasteiger partial charge is 0.254 e. The standard InChI is InChI=1S/C21H21FN6/c1-3-27(4-2)18-11-7-16(8-12-18)19-20(28-21(26-19)24-14-25-28)23-13-15-5-9-17(22)10-6-15/h5-12,14H,3-4,13H2,1-2H3. The number of benzene rings is 2. The number of fused-ring (bicyclic) bond motifs is 1. The van der Waals surface area contributed by atoms with Gasteiger partial charge in [-0.25, -0.2) is 9.38 Å². The van der Waals surface area contributed by atoms with Gasteiger partial charge in [0.1, 0.15) is 17.9 Å². The fourth-order valence-electron chi connectivity index (χ4n) is 3.22. The zero-order valence-electron chi connectivity index (χ0n) is 15.9. The molecule has 0 atom stereocenters. The van der Waals surface area contributed by atoms with E-state index in [2.05, 4.69) is 46.0 Å². The fourth-order valence-corrected chi connectivity index (χ4v) is 3.22. The minimum Gasteiger partial charge on any atom is -0.372 e. The van der Waals surface area contributed by atoms with E-state index in [1.807, 2.05) is 12.1 Å². The van der Waals surface area contributed by atoms with Crippen molar-refractivity contribution in [2.45, 2.75) is 20.4 Å². The van der Waals surface area contributed by atoms with E-state index >= 15 is 0 Å². The summed E-state index contributed by atoms with van der Waals surface area (Å²) in [6.07, 6.45) is 1.46. The Morgan fingerprint density at radius 2 is 1.71 bits per heavy atom. The first-order valence-corrected chi connectivity index (χ1v) is 9.33. The topological polar surface area (TPSA) is 58.7 Å². The third-order valence-corrected chi connectivity index (χ3v) is 4.75. The first-order chi connectivity index (χ1) is 13.7. The lowest BCUT2D eigenvalue weighted by Gasteiger charge is -2.21. The molecule has 0 bridgehead atoms. The molecule has 6 nitrogen and oxygen atoms in total. The maximum atomic E-state index is 13.1. The monoisotopic (exact) mass is 376 g/mol. The number of anilines is 1. The van der Waals surface area contributed by atoms with E-state index < -0.39 is 0 Å². The van der Waals surface area contributed by atoms with Gasteiger partial charge in [-0.2, -0.15) is 14.8 Å². The molecule has 2 heterocycles. The highest BCUT2D eigenvalue weighted by Gasteiger charge is 2.25. The van der Waals surface area contributed by atoms with Gasteiger partial charge in [0, 0.05) is 24.3 Å². The Kier molecular flexibility index (Phi) is 4.97. The van der Waals surface area contributed by atoms with Crippen LogP contribution in [0, 0.1) is 5.82 Å². The highest BCUT2D eigenvalue weighted by atomic mass is 19.1. The van der Waals surface area contributed by atoms with Gasteiger partial charge in [0.15, 0.2) is 5.84 Å². The van der Waals surface area contributed by atoms with Crippen LogP contribution < -0.4 is 4.90 Å². The minimum atomic E-state index is -0.258. The summed E-state index contributed by atoms with van der Waals surface area (Å²) in [6.45, 7) is 6.61. The molecular weight excluding hydrogens is 355 g/mol. The molecule has 7 heteroatoms. The van der Waals surface area contributed by atoms with Crippen molar-refractivity contribution in [2.75, 3.05) is 18.0 Å². The lowest BCUT2D eigenvalue weighted by molar-refractivity contribution is 0.627. The van der Waals surface area contributed by atoms with E-state index in [-0.39, 0.29) is 5.82 Å². The number of rotatable bonds is 6. The largest absolute Gasteiger partial charge is 0.372 e. The summed E-state index contributed by atoms with van der Waals surface area (Å²) in [4.78, 5) is 15.8. The molecule has 0 spiro atoms. The van der Waals surface area contributed by atoms with Crippen LogP contribution in [0.3, 0.4) is 0 Å². The molecule has 0 saturated carbocycles. The molecule has 0 unspecified atom stereocenters. The molecule has 1 aromatic heterocycles. The molecule has 0 aliphatic carbocycles. The zero-order chi connectivity index (χ0) is 19.5. The summed E-state index contributed by atoms with van der Waals surface area (Å²) in [5.41, 5.74) is 3.79. The summed E-state index contributed by atoms with van der Waals surface area (Å²) >= 11 is 0. The maximum absolute atomic E-state index is 13.1. The average Bonchev–Trinajstić information content (AvgIpc) is 3.31. The van der Waals surface area contributed by atoms with Crippen molar-refractivity contribution in [3.8, 4) is 0 Å². The molecule has 0 saturated heterocycles. The molecule has 1 aliphatic rings. The van der Waals surface area contributed by atoms with E-state index in [0.29, 0.717) is 18.3 Å². The van der Waals surface area contributed by atoms with Crippen molar-refractivity contribution >= 4 is 23.2 Å². The molecule has 1 aliphatic heterocycles. The van der Waals surface area contributed by atoms with Gasteiger partial charge in [0.25, 0.3) is 5.95 Å². The lowest BCUT2D eigenvalue weighted by Crippen LogP contribution is -2.22. The number of hydrogen-bond donors (Lipinski definition) is 0. The Hall–Kier alpha value is -3.35. The number of halogens is 1. The van der Waals surface area contributed by atoms with Crippen molar-refractivity contribution in [1.82, 2.24) is 14.8 Å². The van der Waals surface area contributed by atoms with Crippen LogP contribution in [0.5, 0.6) is 0 Å². The molecule has 142 valence electrons. The van der Waals surface area contributed by atoms with Gasteiger partial charge in [-0.1, -0.05) is 24.3 Å². The fraction of sp³-hybridized carbons (Fsp3) is 0.238. The first kappa shape index (κ1) is 18.0. The summed E-state index contributed by atoms with van der Waals surface area (Å²) in [7, 11) is 0. The van der Waals surface area contributed by atoms with Gasteiger partial charge in [-0.15, -0.1) is 0 Å². The number of aromatic nitrogens is 3. The van der Waals surface area contributed by atoms with E-state index in [9.17, 15) is 4.39 Å². The van der Waals surface area contributed by atoms with Gasteiger partial charge in [0.05, 0.1) is 6.54 Å². The second-order valence-corrected chi connectivity index (χ2v) is 6.42. The molecular formula is C21H21FN6. The molecule has 4 rings (SSSR count). The van der Waals surface area contributed by atoms with E-state index in [1.54, 1.807) is 16.8 Å². The van der Waals surface area contributed by atoms with E-state index in [0.717, 1.165) is 29.9 Å². The van der Waals surface area contributed by atoms with Gasteiger partial charge in [-0.3, -0.25) is 4.99 Å². The Bertz CT molecular complexity index is 1010. The predicted octanol–water partition coefficient (Wildman–Crippen LogP) is 3.84. The minimum absolute atomic E-state index is 0.258. The molecule has 3 aromatic rings. The van der Waals surface area contributed by atoms with Gasteiger partial charge in [-0.05, 0) is 43.7 Å². The van der Waals surface area contributed by atoms with Crippen LogP contribution in [0.4, 0.5) is 16.0 Å². The Balaban J connectivity index is 1.64. The third-order valence-electron chi connectivity index (χ3n) is 4.75. The molecule has 0 radical (unpaired) electrons. The van der Waals surface area contributed by atoms with Crippen LogP contribution in [0.1, 0.15) is 25.0 Å². The van der Waals surface area contributed by atoms with Gasteiger partial charge < -0.3 is 4.90 Å². The molecule has 0 fully saturated rings. The molecule has 0 N–H and O–H groups in total. The van der Waals surface area contributed by atoms with Crippen molar-refractivity contribution in [3.05, 3.63) is 71.8 Å².